The Morgan fingerprint density at radius 2 is 1.49 bits per heavy atom. The molecule has 5 N–H and O–H groups in total. The van der Waals surface area contributed by atoms with E-state index in [9.17, 15) is 9.90 Å². The van der Waals surface area contributed by atoms with E-state index in [1.807, 2.05) is 42.5 Å². The maximum atomic E-state index is 12.8. The number of aromatic nitrogens is 3. The third-order valence-electron chi connectivity index (χ3n) is 11.6. The third-order valence-corrected chi connectivity index (χ3v) is 11.6. The van der Waals surface area contributed by atoms with Crippen LogP contribution in [-0.2, 0) is 10.5 Å². The van der Waals surface area contributed by atoms with Crippen molar-refractivity contribution < 1.29 is 14.6 Å². The first kappa shape index (κ1) is 41.4. The van der Waals surface area contributed by atoms with E-state index in [0.717, 1.165) is 104 Å². The van der Waals surface area contributed by atoms with Crippen molar-refractivity contribution >= 4 is 29.3 Å². The minimum atomic E-state index is -1.00. The molecular formula is C46H58N10O3. The fraction of sp³-hybridized carbons (Fsp3) is 0.413. The van der Waals surface area contributed by atoms with E-state index in [1.54, 1.807) is 6.08 Å². The Morgan fingerprint density at radius 1 is 0.864 bits per heavy atom. The molecule has 0 radical (unpaired) electrons. The minimum absolute atomic E-state index is 0.0841. The molecule has 1 aromatic heterocycles. The van der Waals surface area contributed by atoms with Crippen molar-refractivity contribution in [3.05, 3.63) is 114 Å². The summed E-state index contributed by atoms with van der Waals surface area (Å²) in [6.45, 7) is 21.2. The molecule has 0 saturated heterocycles. The minimum Gasteiger partial charge on any atom is -0.511 e. The summed E-state index contributed by atoms with van der Waals surface area (Å²) in [5.74, 6) is 1.13. The van der Waals surface area contributed by atoms with Gasteiger partial charge < -0.3 is 40.9 Å². The predicted octanol–water partition coefficient (Wildman–Crippen LogP) is 6.70. The Labute approximate surface area is 348 Å². The molecule has 7 rings (SSSR count). The van der Waals surface area contributed by atoms with Gasteiger partial charge in [0.15, 0.2) is 11.4 Å². The number of hydrogen-bond donors (Lipinski definition) is 5. The Kier molecular flexibility index (Phi) is 13.2. The number of ether oxygens (including phenoxy) is 1. The Balaban J connectivity index is 1.09. The van der Waals surface area contributed by atoms with Gasteiger partial charge in [0.25, 0.3) is 0 Å². The van der Waals surface area contributed by atoms with Gasteiger partial charge in [-0.25, -0.2) is 0 Å². The second kappa shape index (κ2) is 18.9. The van der Waals surface area contributed by atoms with Crippen LogP contribution in [0.2, 0.25) is 0 Å². The van der Waals surface area contributed by atoms with Crippen LogP contribution in [0.25, 0.3) is 11.1 Å². The van der Waals surface area contributed by atoms with Gasteiger partial charge in [-0.3, -0.25) is 9.79 Å². The van der Waals surface area contributed by atoms with Gasteiger partial charge in [0, 0.05) is 47.5 Å². The van der Waals surface area contributed by atoms with Crippen LogP contribution in [0.1, 0.15) is 51.7 Å². The van der Waals surface area contributed by atoms with E-state index in [-0.39, 0.29) is 11.5 Å². The fourth-order valence-electron chi connectivity index (χ4n) is 8.33. The van der Waals surface area contributed by atoms with Gasteiger partial charge in [0.2, 0.25) is 17.8 Å². The number of carbonyl (C=O) groups excluding carboxylic acids is 1. The number of carbonyl (C=O) groups is 1. The number of hydrogen-bond acceptors (Lipinski definition) is 13. The van der Waals surface area contributed by atoms with E-state index >= 15 is 0 Å². The quantitative estimate of drug-likeness (QED) is 0.0730. The lowest BCUT2D eigenvalue weighted by Gasteiger charge is -2.41. The Bertz CT molecular complexity index is 2130. The van der Waals surface area contributed by atoms with Gasteiger partial charge in [-0.2, -0.15) is 15.0 Å². The van der Waals surface area contributed by atoms with Crippen LogP contribution >= 0.6 is 0 Å². The van der Waals surface area contributed by atoms with Crippen LogP contribution in [-0.4, -0.2) is 107 Å². The molecule has 3 aromatic rings. The smallest absolute Gasteiger partial charge is 0.229 e. The van der Waals surface area contributed by atoms with E-state index in [4.69, 9.17) is 19.7 Å². The number of ketones is 1. The third kappa shape index (κ3) is 8.81. The molecule has 0 bridgehead atoms. The molecule has 1 spiro atoms. The van der Waals surface area contributed by atoms with Gasteiger partial charge in [0.1, 0.15) is 18.1 Å². The first-order valence-electron chi connectivity index (χ1n) is 21.2. The van der Waals surface area contributed by atoms with E-state index in [2.05, 4.69) is 94.6 Å². The highest BCUT2D eigenvalue weighted by Crippen LogP contribution is 2.53. The Morgan fingerprint density at radius 3 is 2.10 bits per heavy atom. The topological polar surface area (TPSA) is 152 Å². The van der Waals surface area contributed by atoms with Crippen LogP contribution in [0.15, 0.2) is 108 Å². The summed E-state index contributed by atoms with van der Waals surface area (Å²) in [5.41, 5.74) is 5.47. The second-order valence-electron chi connectivity index (χ2n) is 15.0. The molecular weight excluding hydrogens is 741 g/mol. The van der Waals surface area contributed by atoms with Crippen molar-refractivity contribution in [3.63, 3.8) is 0 Å². The molecule has 310 valence electrons. The maximum Gasteiger partial charge on any atom is 0.229 e. The first-order valence-corrected chi connectivity index (χ1v) is 21.2. The van der Waals surface area contributed by atoms with Crippen molar-refractivity contribution in [2.24, 2.45) is 16.8 Å². The highest BCUT2D eigenvalue weighted by atomic mass is 16.5. The molecule has 0 fully saturated rings. The molecule has 4 aliphatic rings. The normalized spacial score (nSPS) is 20.6. The van der Waals surface area contributed by atoms with Crippen LogP contribution < -0.4 is 26.0 Å². The molecule has 59 heavy (non-hydrogen) atoms. The van der Waals surface area contributed by atoms with Gasteiger partial charge in [-0.15, -0.1) is 0 Å². The molecule has 0 amide bonds. The largest absolute Gasteiger partial charge is 0.511 e. The Hall–Kier alpha value is -5.79. The lowest BCUT2D eigenvalue weighted by molar-refractivity contribution is -0.121. The van der Waals surface area contributed by atoms with Crippen molar-refractivity contribution in [3.8, 4) is 16.9 Å². The number of nitrogens with zero attached hydrogens (tertiary/aromatic N) is 6. The highest BCUT2D eigenvalue weighted by Gasteiger charge is 2.50. The molecule has 3 aliphatic carbocycles. The van der Waals surface area contributed by atoms with E-state index in [0.29, 0.717) is 36.7 Å². The number of aliphatic hydroxyl groups is 1. The molecule has 0 saturated carbocycles. The number of aliphatic hydroxyl groups excluding tert-OH is 1. The summed E-state index contributed by atoms with van der Waals surface area (Å²) in [7, 11) is 0. The number of benzene rings is 2. The van der Waals surface area contributed by atoms with Gasteiger partial charge in [-0.05, 0) is 81.4 Å². The number of nitrogens with one attached hydrogen (secondary N) is 4. The highest BCUT2D eigenvalue weighted by molar-refractivity contribution is 6.13. The second-order valence-corrected chi connectivity index (χ2v) is 15.0. The number of fused-ring (bicyclic) bond motifs is 6. The number of allylic oxidation sites excluding steroid dienone is 8. The zero-order chi connectivity index (χ0) is 41.4. The molecule has 13 heteroatoms. The van der Waals surface area contributed by atoms with Gasteiger partial charge in [0.05, 0.1) is 18.2 Å². The van der Waals surface area contributed by atoms with Crippen molar-refractivity contribution in [2.75, 3.05) is 81.5 Å². The molecule has 1 aliphatic heterocycles. The molecule has 2 heterocycles. The van der Waals surface area contributed by atoms with Crippen LogP contribution in [0, 0.1) is 11.8 Å². The van der Waals surface area contributed by atoms with Crippen molar-refractivity contribution in [1.29, 1.82) is 0 Å². The van der Waals surface area contributed by atoms with E-state index < -0.39 is 17.5 Å². The fourth-order valence-corrected chi connectivity index (χ4v) is 8.33. The van der Waals surface area contributed by atoms with Crippen molar-refractivity contribution in [1.82, 2.24) is 30.1 Å². The molecule has 2 aromatic carbocycles. The first-order chi connectivity index (χ1) is 28.8. The number of aliphatic imine (C=N–C) groups is 1. The molecule has 3 atom stereocenters. The molecule has 3 unspecified atom stereocenters. The van der Waals surface area contributed by atoms with Crippen LogP contribution in [0.4, 0.5) is 17.8 Å². The van der Waals surface area contributed by atoms with E-state index in [1.165, 1.54) is 6.08 Å². The number of anilines is 3. The van der Waals surface area contributed by atoms with Crippen LogP contribution in [0.3, 0.4) is 0 Å². The predicted molar refractivity (Wildman–Crippen MR) is 237 cm³/mol. The standard InChI is InChI=1S/C46H58N10O3/c1-6-16-38-34-18-13-19-35(41-39(57)30-40(41)58)42(34)54-46(53-38)36-20-12-11-17-32(36)33-22-21-31(29-37(33)46)59-28-25-49-45-51-43(47-23-14-26-55(7-2)8-3)50-44(52-45)48-24-15-27-56(9-4)10-5/h6,11-13,16-22,29-30,35,41,53,57H,1,7-10,14-15,23-28H2,2-5H3,(H3,47,48,49,50,51,52)/b38-16+. The SMILES string of the molecule is C=C/C=C1/NC2(N=C3C1=CC=CC3C1C(=O)C=C1O)c1ccccc1-c1ccc(OCCNc3nc(NCCCN(CC)CC)nc(NCCCN(CC)CC)n3)cc12. The monoisotopic (exact) mass is 798 g/mol. The summed E-state index contributed by atoms with van der Waals surface area (Å²) in [6, 6.07) is 14.4. The van der Waals surface area contributed by atoms with Gasteiger partial charge in [-0.1, -0.05) is 88.9 Å². The zero-order valence-corrected chi connectivity index (χ0v) is 34.8. The summed E-state index contributed by atoms with van der Waals surface area (Å²) in [5, 5.41) is 24.5. The lowest BCUT2D eigenvalue weighted by Crippen LogP contribution is -2.48. The average molecular weight is 799 g/mol. The summed E-state index contributed by atoms with van der Waals surface area (Å²) in [6.07, 6.45) is 12.8. The average Bonchev–Trinajstić information content (AvgIpc) is 3.50. The van der Waals surface area contributed by atoms with Gasteiger partial charge >= 0.3 is 0 Å². The zero-order valence-electron chi connectivity index (χ0n) is 34.8. The van der Waals surface area contributed by atoms with Crippen molar-refractivity contribution in [2.45, 2.75) is 46.2 Å². The van der Waals surface area contributed by atoms with Crippen LogP contribution in [0.5, 0.6) is 5.75 Å². The lowest BCUT2D eigenvalue weighted by atomic mass is 9.72. The summed E-state index contributed by atoms with van der Waals surface area (Å²) in [4.78, 5) is 37.1. The summed E-state index contributed by atoms with van der Waals surface area (Å²) >= 11 is 0. The number of rotatable bonds is 21. The molecule has 13 nitrogen and oxygen atoms in total. The maximum absolute atomic E-state index is 12.8. The summed E-state index contributed by atoms with van der Waals surface area (Å²) < 4.78 is 6.40.